The van der Waals surface area contributed by atoms with Crippen molar-refractivity contribution in [1.82, 2.24) is 9.97 Å². The zero-order valence-corrected chi connectivity index (χ0v) is 9.17. The highest BCUT2D eigenvalue weighted by Crippen LogP contribution is 2.25. The minimum Gasteiger partial charge on any atom is -0.348 e. The van der Waals surface area contributed by atoms with Gasteiger partial charge in [-0.15, -0.1) is 0 Å². The van der Waals surface area contributed by atoms with Crippen molar-refractivity contribution in [3.8, 4) is 11.3 Å². The molecule has 4 heteroatoms. The summed E-state index contributed by atoms with van der Waals surface area (Å²) >= 11 is 5.99. The smallest absolute Gasteiger partial charge is 0.0929 e. The molecule has 1 aromatic heterocycles. The molecule has 15 heavy (non-hydrogen) atoms. The molecular weight excluding hydrogens is 210 g/mol. The van der Waals surface area contributed by atoms with Crippen LogP contribution in [0, 0.1) is 6.92 Å². The van der Waals surface area contributed by atoms with Crippen LogP contribution in [0.2, 0.25) is 5.02 Å². The summed E-state index contributed by atoms with van der Waals surface area (Å²) in [5, 5.41) is 0.703. The van der Waals surface area contributed by atoms with Crippen molar-refractivity contribution >= 4 is 11.6 Å². The maximum atomic E-state index is 5.99. The van der Waals surface area contributed by atoms with Crippen molar-refractivity contribution in [2.24, 2.45) is 5.73 Å². The molecule has 0 unspecified atom stereocenters. The minimum atomic E-state index is 0.441. The first-order valence-electron chi connectivity index (χ1n) is 4.71. The van der Waals surface area contributed by atoms with Crippen molar-refractivity contribution in [3.63, 3.8) is 0 Å². The first kappa shape index (κ1) is 10.2. The molecule has 3 N–H and O–H groups in total. The maximum absolute atomic E-state index is 5.99. The molecule has 2 rings (SSSR count). The fraction of sp³-hybridized carbons (Fsp3) is 0.182. The number of nitrogens with one attached hydrogen (secondary N) is 1. The van der Waals surface area contributed by atoms with Gasteiger partial charge in [0.1, 0.15) is 0 Å². The summed E-state index contributed by atoms with van der Waals surface area (Å²) in [4.78, 5) is 7.30. The number of H-pyrrole nitrogens is 1. The van der Waals surface area contributed by atoms with Gasteiger partial charge in [-0.3, -0.25) is 0 Å². The van der Waals surface area contributed by atoms with Crippen LogP contribution < -0.4 is 5.73 Å². The SMILES string of the molecule is Cc1[nH]cnc1-c1ccc(Cl)c(CN)c1. The lowest BCUT2D eigenvalue weighted by Gasteiger charge is -2.04. The van der Waals surface area contributed by atoms with Crippen molar-refractivity contribution in [2.75, 3.05) is 0 Å². The summed E-state index contributed by atoms with van der Waals surface area (Å²) < 4.78 is 0. The molecule has 78 valence electrons. The number of hydrogen-bond acceptors (Lipinski definition) is 2. The summed E-state index contributed by atoms with van der Waals surface area (Å²) in [6.45, 7) is 2.43. The molecule has 0 aliphatic carbocycles. The maximum Gasteiger partial charge on any atom is 0.0929 e. The number of benzene rings is 1. The quantitative estimate of drug-likeness (QED) is 0.819. The fourth-order valence-corrected chi connectivity index (χ4v) is 1.72. The third-order valence-corrected chi connectivity index (χ3v) is 2.74. The van der Waals surface area contributed by atoms with Gasteiger partial charge in [0.25, 0.3) is 0 Å². The van der Waals surface area contributed by atoms with Crippen LogP contribution >= 0.6 is 11.6 Å². The molecule has 0 aliphatic heterocycles. The predicted octanol–water partition coefficient (Wildman–Crippen LogP) is 2.50. The van der Waals surface area contributed by atoms with Gasteiger partial charge >= 0.3 is 0 Å². The van der Waals surface area contributed by atoms with Crippen LogP contribution in [0.25, 0.3) is 11.3 Å². The molecule has 0 saturated heterocycles. The molecule has 0 radical (unpaired) electrons. The molecule has 0 aliphatic rings. The van der Waals surface area contributed by atoms with E-state index in [1.807, 2.05) is 25.1 Å². The highest BCUT2D eigenvalue weighted by atomic mass is 35.5. The number of aromatic amines is 1. The lowest BCUT2D eigenvalue weighted by Crippen LogP contribution is -1.97. The molecule has 0 fully saturated rings. The number of aryl methyl sites for hydroxylation is 1. The zero-order valence-electron chi connectivity index (χ0n) is 8.42. The average molecular weight is 222 g/mol. The number of rotatable bonds is 2. The average Bonchev–Trinajstić information content (AvgIpc) is 2.65. The van der Waals surface area contributed by atoms with Crippen molar-refractivity contribution in [3.05, 3.63) is 40.8 Å². The zero-order chi connectivity index (χ0) is 10.8. The second-order valence-corrected chi connectivity index (χ2v) is 3.79. The molecule has 0 amide bonds. The Balaban J connectivity index is 2.51. The normalized spacial score (nSPS) is 10.6. The largest absolute Gasteiger partial charge is 0.348 e. The molecule has 0 spiro atoms. The third kappa shape index (κ3) is 1.89. The number of imidazole rings is 1. The van der Waals surface area contributed by atoms with Crippen LogP contribution in [0.1, 0.15) is 11.3 Å². The van der Waals surface area contributed by atoms with Crippen LogP contribution in [0.4, 0.5) is 0 Å². The Morgan fingerprint density at radius 1 is 1.47 bits per heavy atom. The fourth-order valence-electron chi connectivity index (χ4n) is 1.53. The second-order valence-electron chi connectivity index (χ2n) is 3.39. The summed E-state index contributed by atoms with van der Waals surface area (Å²) in [6.07, 6.45) is 1.68. The van der Waals surface area contributed by atoms with Crippen molar-refractivity contribution < 1.29 is 0 Å². The van der Waals surface area contributed by atoms with E-state index < -0.39 is 0 Å². The van der Waals surface area contributed by atoms with E-state index in [2.05, 4.69) is 9.97 Å². The molecule has 1 heterocycles. The summed E-state index contributed by atoms with van der Waals surface area (Å²) in [5.41, 5.74) is 9.57. The van der Waals surface area contributed by atoms with E-state index in [4.69, 9.17) is 17.3 Å². The number of hydrogen-bond donors (Lipinski definition) is 2. The first-order valence-corrected chi connectivity index (χ1v) is 5.09. The lowest BCUT2D eigenvalue weighted by molar-refractivity contribution is 1.07. The van der Waals surface area contributed by atoms with Crippen molar-refractivity contribution in [2.45, 2.75) is 13.5 Å². The van der Waals surface area contributed by atoms with Crippen LogP contribution in [-0.2, 0) is 6.54 Å². The molecular formula is C11H12ClN3. The van der Waals surface area contributed by atoms with Gasteiger partial charge in [0.05, 0.1) is 12.0 Å². The van der Waals surface area contributed by atoms with E-state index in [1.165, 1.54) is 0 Å². The molecule has 0 bridgehead atoms. The molecule has 3 nitrogen and oxygen atoms in total. The van der Waals surface area contributed by atoms with Crippen LogP contribution in [0.3, 0.4) is 0 Å². The Morgan fingerprint density at radius 3 is 2.87 bits per heavy atom. The summed E-state index contributed by atoms with van der Waals surface area (Å²) in [5.74, 6) is 0. The van der Waals surface area contributed by atoms with Gasteiger partial charge in [-0.2, -0.15) is 0 Å². The first-order chi connectivity index (χ1) is 7.22. The molecule has 1 aromatic carbocycles. The molecule has 0 saturated carbocycles. The van der Waals surface area contributed by atoms with Crippen molar-refractivity contribution in [1.29, 1.82) is 0 Å². The minimum absolute atomic E-state index is 0.441. The van der Waals surface area contributed by atoms with Gasteiger partial charge < -0.3 is 10.7 Å². The van der Waals surface area contributed by atoms with Crippen LogP contribution in [-0.4, -0.2) is 9.97 Å². The Labute approximate surface area is 93.3 Å². The van der Waals surface area contributed by atoms with Gasteiger partial charge in [-0.1, -0.05) is 17.7 Å². The van der Waals surface area contributed by atoms with Gasteiger partial charge in [0.2, 0.25) is 0 Å². The number of halogens is 1. The highest BCUT2D eigenvalue weighted by Gasteiger charge is 2.06. The molecule has 0 atom stereocenters. The Hall–Kier alpha value is -1.32. The topological polar surface area (TPSA) is 54.7 Å². The Kier molecular flexibility index (Phi) is 2.75. The molecule has 2 aromatic rings. The summed E-state index contributed by atoms with van der Waals surface area (Å²) in [7, 11) is 0. The lowest BCUT2D eigenvalue weighted by atomic mass is 10.1. The number of nitrogens with two attached hydrogens (primary N) is 1. The Bertz CT molecular complexity index is 476. The van der Waals surface area contributed by atoms with E-state index >= 15 is 0 Å². The van der Waals surface area contributed by atoms with E-state index in [0.717, 1.165) is 22.5 Å². The van der Waals surface area contributed by atoms with Gasteiger partial charge in [-0.25, -0.2) is 4.98 Å². The van der Waals surface area contributed by atoms with E-state index in [-0.39, 0.29) is 0 Å². The standard InChI is InChI=1S/C11H12ClN3/c1-7-11(15-6-14-7)8-2-3-10(12)9(4-8)5-13/h2-4,6H,5,13H2,1H3,(H,14,15). The van der Waals surface area contributed by atoms with E-state index in [0.29, 0.717) is 11.6 Å². The van der Waals surface area contributed by atoms with Gasteiger partial charge in [-0.05, 0) is 24.6 Å². The predicted molar refractivity (Wildman–Crippen MR) is 61.7 cm³/mol. The van der Waals surface area contributed by atoms with Gasteiger partial charge in [0.15, 0.2) is 0 Å². The third-order valence-electron chi connectivity index (χ3n) is 2.37. The van der Waals surface area contributed by atoms with E-state index in [1.54, 1.807) is 6.33 Å². The Morgan fingerprint density at radius 2 is 2.27 bits per heavy atom. The highest BCUT2D eigenvalue weighted by molar-refractivity contribution is 6.31. The summed E-state index contributed by atoms with van der Waals surface area (Å²) in [6, 6.07) is 5.78. The van der Waals surface area contributed by atoms with Crippen LogP contribution in [0.15, 0.2) is 24.5 Å². The second kappa shape index (κ2) is 4.04. The van der Waals surface area contributed by atoms with Gasteiger partial charge in [0, 0.05) is 22.8 Å². The van der Waals surface area contributed by atoms with E-state index in [9.17, 15) is 0 Å². The number of nitrogens with zero attached hydrogens (tertiary/aromatic N) is 1. The monoisotopic (exact) mass is 221 g/mol. The number of aromatic nitrogens is 2. The van der Waals surface area contributed by atoms with Crippen LogP contribution in [0.5, 0.6) is 0 Å².